The average Bonchev–Trinajstić information content (AvgIpc) is 2.45. The highest BCUT2D eigenvalue weighted by Crippen LogP contribution is 2.38. The molecule has 0 aliphatic carbocycles. The Morgan fingerprint density at radius 3 is 1.65 bits per heavy atom. The van der Waals surface area contributed by atoms with Gasteiger partial charge in [0, 0.05) is 21.9 Å². The Bertz CT molecular complexity index is 739. The normalized spacial score (nSPS) is 15.8. The Morgan fingerprint density at radius 2 is 1.35 bits per heavy atom. The zero-order valence-electron chi connectivity index (χ0n) is 15.3. The predicted molar refractivity (Wildman–Crippen MR) is 100 cm³/mol. The third-order valence-electron chi connectivity index (χ3n) is 2.01. The molecular formula is C11H9I3N2O4. The molecular weight excluding hydrogens is 605 g/mol. The SMILES string of the molecule is [2H]C([2H])([2H])C(=O)Nc1c(I)c(NC(=O)C([2H])([2H])[2H])c(I)c(C(=O)O)c1I. The summed E-state index contributed by atoms with van der Waals surface area (Å²) < 4.78 is 42.8. The van der Waals surface area contributed by atoms with Crippen LogP contribution in [0, 0.1) is 10.7 Å². The van der Waals surface area contributed by atoms with Crippen LogP contribution in [0.2, 0.25) is 0 Å². The predicted octanol–water partition coefficient (Wildman–Crippen LogP) is 3.12. The summed E-state index contributed by atoms with van der Waals surface area (Å²) in [5.41, 5.74) is -0.606. The Morgan fingerprint density at radius 1 is 0.950 bits per heavy atom. The second-order valence-electron chi connectivity index (χ2n) is 3.28. The number of hydrogen-bond acceptors (Lipinski definition) is 3. The van der Waals surface area contributed by atoms with Crippen molar-refractivity contribution in [3.8, 4) is 0 Å². The highest BCUT2D eigenvalue weighted by atomic mass is 127. The smallest absolute Gasteiger partial charge is 0.338 e. The van der Waals surface area contributed by atoms with Gasteiger partial charge in [-0.3, -0.25) is 9.59 Å². The number of benzene rings is 1. The number of nitrogens with one attached hydrogen (secondary N) is 2. The van der Waals surface area contributed by atoms with E-state index in [1.165, 1.54) is 0 Å². The molecule has 0 atom stereocenters. The number of carboxylic acids is 1. The van der Waals surface area contributed by atoms with Crippen molar-refractivity contribution in [2.45, 2.75) is 13.7 Å². The molecule has 0 fully saturated rings. The maximum atomic E-state index is 11.8. The van der Waals surface area contributed by atoms with Crippen LogP contribution in [0.25, 0.3) is 0 Å². The van der Waals surface area contributed by atoms with Crippen molar-refractivity contribution in [3.63, 3.8) is 0 Å². The Balaban J connectivity index is 3.64. The van der Waals surface area contributed by atoms with Crippen LogP contribution in [0.1, 0.15) is 32.3 Å². The second-order valence-corrected chi connectivity index (χ2v) is 6.52. The molecule has 108 valence electrons. The number of carbonyl (C=O) groups excluding carboxylic acids is 2. The summed E-state index contributed by atoms with van der Waals surface area (Å²) in [6.45, 7) is -5.97. The van der Waals surface area contributed by atoms with Crippen LogP contribution >= 0.6 is 67.8 Å². The van der Waals surface area contributed by atoms with E-state index in [-0.39, 0.29) is 27.6 Å². The maximum Gasteiger partial charge on any atom is 0.338 e. The zero-order chi connectivity index (χ0) is 20.6. The molecule has 0 aliphatic heterocycles. The molecule has 3 N–H and O–H groups in total. The minimum absolute atomic E-state index is 0.0355. The summed E-state index contributed by atoms with van der Waals surface area (Å²) in [4.78, 5) is 35.1. The molecule has 0 heterocycles. The minimum Gasteiger partial charge on any atom is -0.478 e. The van der Waals surface area contributed by atoms with E-state index >= 15 is 0 Å². The molecule has 6 nitrogen and oxygen atoms in total. The fourth-order valence-electron chi connectivity index (χ4n) is 1.30. The summed E-state index contributed by atoms with van der Waals surface area (Å²) in [6.07, 6.45) is 0. The first-order chi connectivity index (χ1) is 11.6. The number of hydrogen-bond donors (Lipinski definition) is 3. The van der Waals surface area contributed by atoms with Crippen molar-refractivity contribution in [2.24, 2.45) is 0 Å². The Kier molecular flexibility index (Phi) is 3.79. The maximum absolute atomic E-state index is 11.8. The summed E-state index contributed by atoms with van der Waals surface area (Å²) in [6, 6.07) is 0. The van der Waals surface area contributed by atoms with Gasteiger partial charge in [0.15, 0.2) is 0 Å². The van der Waals surface area contributed by atoms with Crippen molar-refractivity contribution in [1.82, 2.24) is 0 Å². The number of carboxylic acid groups (broad SMARTS) is 1. The standard InChI is InChI=1S/C11H9I3N2O4/c1-3(17)15-9-6(12)5(11(19)20)7(13)10(8(9)14)16-4(2)18/h1-2H3,(H,15,17)(H,16,18)(H,19,20)/i1D3,2D3. The van der Waals surface area contributed by atoms with E-state index in [9.17, 15) is 19.5 Å². The first-order valence-corrected chi connectivity index (χ1v) is 7.89. The molecule has 1 aromatic carbocycles. The van der Waals surface area contributed by atoms with Crippen molar-refractivity contribution in [1.29, 1.82) is 0 Å². The lowest BCUT2D eigenvalue weighted by atomic mass is 10.1. The molecule has 0 spiro atoms. The van der Waals surface area contributed by atoms with Crippen LogP contribution in [-0.2, 0) is 9.59 Å². The molecule has 0 aromatic heterocycles. The lowest BCUT2D eigenvalue weighted by molar-refractivity contribution is -0.115. The Hall–Kier alpha value is -0.180. The molecule has 2 amide bonds. The molecule has 0 saturated carbocycles. The summed E-state index contributed by atoms with van der Waals surface area (Å²) in [5, 5.41) is 13.7. The highest BCUT2D eigenvalue weighted by Gasteiger charge is 2.25. The number of rotatable bonds is 3. The lowest BCUT2D eigenvalue weighted by Gasteiger charge is -2.17. The number of anilines is 2. The zero-order valence-corrected chi connectivity index (χ0v) is 15.8. The van der Waals surface area contributed by atoms with Gasteiger partial charge in [-0.15, -0.1) is 0 Å². The van der Waals surface area contributed by atoms with E-state index in [1.807, 2.05) is 0 Å². The number of carbonyl (C=O) groups is 3. The minimum atomic E-state index is -2.99. The van der Waals surface area contributed by atoms with Crippen molar-refractivity contribution in [3.05, 3.63) is 16.3 Å². The van der Waals surface area contributed by atoms with Crippen LogP contribution in [0.3, 0.4) is 0 Å². The van der Waals surface area contributed by atoms with Gasteiger partial charge >= 0.3 is 5.97 Å². The van der Waals surface area contributed by atoms with E-state index in [0.717, 1.165) is 0 Å². The topological polar surface area (TPSA) is 95.5 Å². The van der Waals surface area contributed by atoms with Gasteiger partial charge in [0.25, 0.3) is 0 Å². The van der Waals surface area contributed by atoms with Gasteiger partial charge in [0.05, 0.1) is 27.6 Å². The summed E-state index contributed by atoms with van der Waals surface area (Å²) >= 11 is 4.90. The summed E-state index contributed by atoms with van der Waals surface area (Å²) in [5.74, 6) is -4.10. The van der Waals surface area contributed by atoms with Crippen molar-refractivity contribution in [2.75, 3.05) is 10.6 Å². The van der Waals surface area contributed by atoms with Crippen molar-refractivity contribution < 1.29 is 27.7 Å². The van der Waals surface area contributed by atoms with Gasteiger partial charge < -0.3 is 15.7 Å². The largest absolute Gasteiger partial charge is 0.478 e. The molecule has 0 bridgehead atoms. The quantitative estimate of drug-likeness (QED) is 0.454. The third kappa shape index (κ3) is 3.93. The highest BCUT2D eigenvalue weighted by molar-refractivity contribution is 14.1. The molecule has 0 saturated heterocycles. The number of aromatic carboxylic acids is 1. The van der Waals surface area contributed by atoms with Crippen LogP contribution in [0.15, 0.2) is 0 Å². The van der Waals surface area contributed by atoms with Crippen molar-refractivity contribution >= 4 is 96.9 Å². The Labute approximate surface area is 164 Å². The van der Waals surface area contributed by atoms with Gasteiger partial charge in [-0.25, -0.2) is 4.79 Å². The van der Waals surface area contributed by atoms with E-state index < -0.39 is 31.5 Å². The van der Waals surface area contributed by atoms with Crippen LogP contribution in [0.4, 0.5) is 11.4 Å². The van der Waals surface area contributed by atoms with E-state index in [1.54, 1.807) is 67.8 Å². The van der Waals surface area contributed by atoms with E-state index in [0.29, 0.717) is 0 Å². The molecule has 0 aliphatic rings. The fraction of sp³-hybridized carbons (Fsp3) is 0.182. The van der Waals surface area contributed by atoms with Gasteiger partial charge in [-0.2, -0.15) is 0 Å². The number of amides is 2. The molecule has 1 rings (SSSR count). The summed E-state index contributed by atoms with van der Waals surface area (Å²) in [7, 11) is 0. The average molecular weight is 620 g/mol. The second kappa shape index (κ2) is 7.20. The van der Waals surface area contributed by atoms with Gasteiger partial charge in [-0.05, 0) is 67.8 Å². The third-order valence-corrected chi connectivity index (χ3v) is 5.24. The first-order valence-electron chi connectivity index (χ1n) is 7.65. The molecule has 0 unspecified atom stereocenters. The van der Waals surface area contributed by atoms with E-state index in [4.69, 9.17) is 8.22 Å². The van der Waals surface area contributed by atoms with Crippen LogP contribution < -0.4 is 10.6 Å². The van der Waals surface area contributed by atoms with Crippen LogP contribution in [0.5, 0.6) is 0 Å². The monoisotopic (exact) mass is 620 g/mol. The van der Waals surface area contributed by atoms with Gasteiger partial charge in [0.2, 0.25) is 11.8 Å². The molecule has 20 heavy (non-hydrogen) atoms. The van der Waals surface area contributed by atoms with Gasteiger partial charge in [0.1, 0.15) is 0 Å². The fourth-order valence-corrected chi connectivity index (χ4v) is 5.47. The first kappa shape index (κ1) is 10.5. The van der Waals surface area contributed by atoms with Crippen LogP contribution in [-0.4, -0.2) is 22.9 Å². The lowest BCUT2D eigenvalue weighted by Crippen LogP contribution is -2.17. The molecule has 9 heteroatoms. The molecule has 1 aromatic rings. The molecule has 0 radical (unpaired) electrons. The number of halogens is 3. The van der Waals surface area contributed by atoms with Gasteiger partial charge in [-0.1, -0.05) is 0 Å². The van der Waals surface area contributed by atoms with E-state index in [2.05, 4.69) is 10.6 Å².